The fourth-order valence-electron chi connectivity index (χ4n) is 3.76. The predicted molar refractivity (Wildman–Crippen MR) is 119 cm³/mol. The van der Waals surface area contributed by atoms with Crippen molar-refractivity contribution in [2.75, 3.05) is 13.1 Å². The Morgan fingerprint density at radius 1 is 1.42 bits per heavy atom. The van der Waals surface area contributed by atoms with Crippen molar-refractivity contribution in [2.45, 2.75) is 25.6 Å². The molecule has 1 aromatic carbocycles. The van der Waals surface area contributed by atoms with Crippen LogP contribution in [0.4, 0.5) is 17.6 Å². The van der Waals surface area contributed by atoms with Crippen LogP contribution in [-0.4, -0.2) is 36.3 Å². The van der Waals surface area contributed by atoms with Gasteiger partial charge in [-0.15, -0.1) is 11.3 Å². The van der Waals surface area contributed by atoms with Gasteiger partial charge in [0.1, 0.15) is 22.5 Å². The molecule has 0 spiro atoms. The molecule has 1 amide bonds. The van der Waals surface area contributed by atoms with Gasteiger partial charge in [-0.1, -0.05) is 18.7 Å². The van der Waals surface area contributed by atoms with Crippen molar-refractivity contribution < 1.29 is 22.4 Å². The number of thiophene rings is 1. The summed E-state index contributed by atoms with van der Waals surface area (Å²) in [4.78, 5) is 18.8. The van der Waals surface area contributed by atoms with Crippen molar-refractivity contribution in [1.82, 2.24) is 4.90 Å². The van der Waals surface area contributed by atoms with Gasteiger partial charge in [0, 0.05) is 41.2 Å². The summed E-state index contributed by atoms with van der Waals surface area (Å²) in [5.74, 6) is -1.97. The van der Waals surface area contributed by atoms with Gasteiger partial charge >= 0.3 is 6.18 Å². The first-order valence-electron chi connectivity index (χ1n) is 9.91. The number of aliphatic imine (C=N–C) groups is 1. The van der Waals surface area contributed by atoms with Crippen LogP contribution in [-0.2, 0) is 11.3 Å². The molecular weight excluding hydrogens is 456 g/mol. The Morgan fingerprint density at radius 3 is 2.76 bits per heavy atom. The number of fused-ring (bicyclic) bond motifs is 1. The van der Waals surface area contributed by atoms with Crippen molar-refractivity contribution in [3.8, 4) is 6.07 Å². The van der Waals surface area contributed by atoms with Crippen LogP contribution in [0.15, 0.2) is 47.6 Å². The summed E-state index contributed by atoms with van der Waals surface area (Å²) < 4.78 is 55.8. The van der Waals surface area contributed by atoms with Crippen LogP contribution >= 0.6 is 11.3 Å². The van der Waals surface area contributed by atoms with E-state index in [4.69, 9.17) is 5.73 Å². The number of halogens is 4. The third-order valence-electron chi connectivity index (χ3n) is 5.24. The molecule has 0 unspecified atom stereocenters. The highest BCUT2D eigenvalue weighted by atomic mass is 32.1. The van der Waals surface area contributed by atoms with Crippen molar-refractivity contribution in [3.05, 3.63) is 74.9 Å². The van der Waals surface area contributed by atoms with E-state index in [1.54, 1.807) is 13.0 Å². The maximum absolute atomic E-state index is 15.1. The van der Waals surface area contributed by atoms with Crippen molar-refractivity contribution in [1.29, 1.82) is 5.26 Å². The highest BCUT2D eigenvalue weighted by Gasteiger charge is 2.37. The van der Waals surface area contributed by atoms with Gasteiger partial charge in [-0.2, -0.15) is 18.4 Å². The molecule has 10 heteroatoms. The number of benzene rings is 1. The Hall–Kier alpha value is -3.45. The van der Waals surface area contributed by atoms with E-state index in [0.29, 0.717) is 15.3 Å². The smallest absolute Gasteiger partial charge is 0.394 e. The fraction of sp³-hybridized carbons (Fsp3) is 0.261. The highest BCUT2D eigenvalue weighted by molar-refractivity contribution is 7.12. The van der Waals surface area contributed by atoms with Crippen LogP contribution in [0.2, 0.25) is 0 Å². The zero-order chi connectivity index (χ0) is 24.3. The fourth-order valence-corrected chi connectivity index (χ4v) is 4.79. The van der Waals surface area contributed by atoms with E-state index < -0.39 is 29.2 Å². The van der Waals surface area contributed by atoms with Gasteiger partial charge in [0.15, 0.2) is 0 Å². The molecule has 0 saturated carbocycles. The average molecular weight is 476 g/mol. The van der Waals surface area contributed by atoms with Crippen molar-refractivity contribution in [3.63, 3.8) is 0 Å². The summed E-state index contributed by atoms with van der Waals surface area (Å²) in [6, 6.07) is 7.62. The molecule has 2 heterocycles. The summed E-state index contributed by atoms with van der Waals surface area (Å²) >= 11 is 1.18. The summed E-state index contributed by atoms with van der Waals surface area (Å²) in [6.07, 6.45) is -2.85. The molecule has 2 N–H and O–H groups in total. The van der Waals surface area contributed by atoms with Gasteiger partial charge in [0.05, 0.1) is 6.54 Å². The molecule has 2 aromatic rings. The van der Waals surface area contributed by atoms with E-state index in [0.717, 1.165) is 18.4 Å². The topological polar surface area (TPSA) is 82.5 Å². The number of carbonyl (C=O) groups is 1. The average Bonchev–Trinajstić information content (AvgIpc) is 3.21. The Morgan fingerprint density at radius 2 is 2.15 bits per heavy atom. The highest BCUT2D eigenvalue weighted by Crippen LogP contribution is 2.42. The molecule has 1 atom stereocenters. The van der Waals surface area contributed by atoms with E-state index in [-0.39, 0.29) is 36.7 Å². The van der Waals surface area contributed by atoms with Gasteiger partial charge in [-0.25, -0.2) is 4.39 Å². The van der Waals surface area contributed by atoms with E-state index in [2.05, 4.69) is 17.6 Å². The molecule has 0 aliphatic carbocycles. The van der Waals surface area contributed by atoms with Crippen LogP contribution < -0.4 is 5.73 Å². The minimum absolute atomic E-state index is 0.0695. The lowest BCUT2D eigenvalue weighted by Crippen LogP contribution is -2.37. The van der Waals surface area contributed by atoms with E-state index in [9.17, 15) is 23.2 Å². The lowest BCUT2D eigenvalue weighted by atomic mass is 9.83. The summed E-state index contributed by atoms with van der Waals surface area (Å²) in [5.41, 5.74) is 3.92. The number of carbonyl (C=O) groups excluding carboxylic acids is 1. The first kappa shape index (κ1) is 24.2. The summed E-state index contributed by atoms with van der Waals surface area (Å²) in [5, 5.41) is 9.35. The van der Waals surface area contributed by atoms with Crippen molar-refractivity contribution in [2.24, 2.45) is 10.7 Å². The Labute approximate surface area is 192 Å². The van der Waals surface area contributed by atoms with Gasteiger partial charge in [-0.3, -0.25) is 9.79 Å². The van der Waals surface area contributed by atoms with Gasteiger partial charge in [0.25, 0.3) is 0 Å². The Balaban J connectivity index is 2.30. The second kappa shape index (κ2) is 9.58. The molecular formula is C23H20F4N4OS. The quantitative estimate of drug-likeness (QED) is 0.384. The Kier molecular flexibility index (Phi) is 7.03. The number of hydrogen-bond donors (Lipinski definition) is 1. The molecule has 1 aromatic heterocycles. The summed E-state index contributed by atoms with van der Waals surface area (Å²) in [6.45, 7) is 5.57. The molecule has 0 fully saturated rings. The van der Waals surface area contributed by atoms with Crippen LogP contribution in [0.1, 0.15) is 39.3 Å². The Bertz CT molecular complexity index is 1190. The lowest BCUT2D eigenvalue weighted by molar-refractivity contribution is -0.127. The predicted octanol–water partition coefficient (Wildman–Crippen LogP) is 4.74. The van der Waals surface area contributed by atoms with E-state index in [1.165, 1.54) is 28.4 Å². The van der Waals surface area contributed by atoms with Gasteiger partial charge in [-0.05, 0) is 36.3 Å². The van der Waals surface area contributed by atoms with Crippen molar-refractivity contribution >= 4 is 29.0 Å². The minimum Gasteiger partial charge on any atom is -0.394 e. The first-order valence-corrected chi connectivity index (χ1v) is 10.7. The third kappa shape index (κ3) is 4.83. The van der Waals surface area contributed by atoms with Crippen LogP contribution in [0.25, 0.3) is 5.57 Å². The van der Waals surface area contributed by atoms with Crippen LogP contribution in [0, 0.1) is 17.1 Å². The first-order chi connectivity index (χ1) is 15.6. The summed E-state index contributed by atoms with van der Waals surface area (Å²) in [7, 11) is 0. The number of nitrogens with zero attached hydrogens (tertiary/aromatic N) is 3. The second-order valence-corrected chi connectivity index (χ2v) is 8.37. The SMILES string of the molecule is C=CC(=O)N1Cc2sc(C#N)cc2[C@H](c2cccc(F)c2C(C=NCC)=C(N)C(F)(F)F)C1. The number of nitriles is 1. The zero-order valence-corrected chi connectivity index (χ0v) is 18.4. The molecule has 5 nitrogen and oxygen atoms in total. The number of hydrogen-bond acceptors (Lipinski definition) is 5. The maximum Gasteiger partial charge on any atom is 0.431 e. The molecule has 3 rings (SSSR count). The monoisotopic (exact) mass is 476 g/mol. The molecule has 172 valence electrons. The largest absolute Gasteiger partial charge is 0.431 e. The second-order valence-electron chi connectivity index (χ2n) is 7.23. The molecule has 33 heavy (non-hydrogen) atoms. The minimum atomic E-state index is -4.91. The number of rotatable bonds is 5. The number of amides is 1. The molecule has 0 bridgehead atoms. The standard InChI is InChI=1S/C23H20F4N4OS/c1-3-20(32)31-11-17(15-8-13(9-28)33-19(15)12-31)14-6-5-7-18(24)21(14)16(10-30-4-2)22(29)23(25,26)27/h3,5-8,10,17H,1,4,11-12,29H2,2H3/t17-/m0/s1. The van der Waals surface area contributed by atoms with Gasteiger partial charge in [0.2, 0.25) is 5.91 Å². The molecule has 0 saturated heterocycles. The molecule has 0 radical (unpaired) electrons. The molecule has 1 aliphatic rings. The van der Waals surface area contributed by atoms with Crippen LogP contribution in [0.3, 0.4) is 0 Å². The normalized spacial score (nSPS) is 16.8. The zero-order valence-electron chi connectivity index (χ0n) is 17.6. The number of nitrogens with two attached hydrogens (primary N) is 1. The van der Waals surface area contributed by atoms with Crippen LogP contribution in [0.5, 0.6) is 0 Å². The number of alkyl halides is 3. The van der Waals surface area contributed by atoms with Gasteiger partial charge < -0.3 is 10.6 Å². The lowest BCUT2D eigenvalue weighted by Gasteiger charge is -2.33. The third-order valence-corrected chi connectivity index (χ3v) is 6.28. The van der Waals surface area contributed by atoms with E-state index in [1.807, 2.05) is 0 Å². The number of allylic oxidation sites excluding steroid dienone is 2. The molecule has 1 aliphatic heterocycles. The van der Waals surface area contributed by atoms with E-state index >= 15 is 4.39 Å². The maximum atomic E-state index is 15.1.